The van der Waals surface area contributed by atoms with Crippen molar-refractivity contribution < 1.29 is 4.79 Å². The van der Waals surface area contributed by atoms with Gasteiger partial charge in [-0.25, -0.2) is 4.98 Å². The van der Waals surface area contributed by atoms with Crippen LogP contribution in [0.3, 0.4) is 0 Å². The standard InChI is InChI=1S/C17H16N4O2/c1-3-12-10(2)13-5-4-11(8-14(13)21-16(12)22)20-17(23)15-9-18-6-7-19-15/h4-9H,3H2,1-2H3,(H,20,23)(H,21,22). The molecule has 0 aliphatic heterocycles. The number of anilines is 1. The Morgan fingerprint density at radius 1 is 1.30 bits per heavy atom. The van der Waals surface area contributed by atoms with E-state index in [9.17, 15) is 9.59 Å². The Hall–Kier alpha value is -3.02. The van der Waals surface area contributed by atoms with Gasteiger partial charge in [-0.3, -0.25) is 14.6 Å². The number of pyridine rings is 1. The van der Waals surface area contributed by atoms with Gasteiger partial charge in [0.25, 0.3) is 11.5 Å². The Kier molecular flexibility index (Phi) is 3.89. The molecule has 23 heavy (non-hydrogen) atoms. The molecule has 1 aromatic carbocycles. The number of carbonyl (C=O) groups excluding carboxylic acids is 1. The maximum Gasteiger partial charge on any atom is 0.275 e. The zero-order valence-electron chi connectivity index (χ0n) is 12.9. The summed E-state index contributed by atoms with van der Waals surface area (Å²) in [6.45, 7) is 3.90. The summed E-state index contributed by atoms with van der Waals surface area (Å²) in [5, 5.41) is 3.73. The Morgan fingerprint density at radius 3 is 2.83 bits per heavy atom. The Bertz CT molecular complexity index is 932. The summed E-state index contributed by atoms with van der Waals surface area (Å²) < 4.78 is 0. The highest BCUT2D eigenvalue weighted by Crippen LogP contribution is 2.21. The molecule has 0 aliphatic carbocycles. The van der Waals surface area contributed by atoms with Gasteiger partial charge in [-0.05, 0) is 31.0 Å². The minimum atomic E-state index is -0.346. The van der Waals surface area contributed by atoms with E-state index >= 15 is 0 Å². The third-order valence-electron chi connectivity index (χ3n) is 3.81. The maximum absolute atomic E-state index is 12.1. The predicted octanol–water partition coefficient (Wildman–Crippen LogP) is 2.44. The lowest BCUT2D eigenvalue weighted by Gasteiger charge is -2.09. The zero-order chi connectivity index (χ0) is 16.4. The smallest absolute Gasteiger partial charge is 0.275 e. The molecule has 0 aliphatic rings. The lowest BCUT2D eigenvalue weighted by atomic mass is 10.0. The predicted molar refractivity (Wildman–Crippen MR) is 88.7 cm³/mol. The number of aromatic amines is 1. The lowest BCUT2D eigenvalue weighted by Crippen LogP contribution is -2.15. The molecule has 2 heterocycles. The van der Waals surface area contributed by atoms with Crippen LogP contribution in [-0.4, -0.2) is 20.9 Å². The maximum atomic E-state index is 12.1. The van der Waals surface area contributed by atoms with Crippen LogP contribution in [-0.2, 0) is 6.42 Å². The van der Waals surface area contributed by atoms with Gasteiger partial charge >= 0.3 is 0 Å². The summed E-state index contributed by atoms with van der Waals surface area (Å²) in [4.78, 5) is 34.9. The summed E-state index contributed by atoms with van der Waals surface area (Å²) in [7, 11) is 0. The van der Waals surface area contributed by atoms with E-state index in [-0.39, 0.29) is 17.2 Å². The SMILES string of the molecule is CCc1c(C)c2ccc(NC(=O)c3cnccn3)cc2[nH]c1=O. The number of aryl methyl sites for hydroxylation is 1. The molecule has 3 aromatic rings. The molecular formula is C17H16N4O2. The highest BCUT2D eigenvalue weighted by atomic mass is 16.2. The van der Waals surface area contributed by atoms with Crippen LogP contribution in [0.25, 0.3) is 10.9 Å². The molecule has 0 radical (unpaired) electrons. The van der Waals surface area contributed by atoms with E-state index in [0.717, 1.165) is 16.5 Å². The first-order valence-electron chi connectivity index (χ1n) is 7.33. The number of nitrogens with one attached hydrogen (secondary N) is 2. The molecule has 1 amide bonds. The molecule has 6 heteroatoms. The number of carbonyl (C=O) groups is 1. The number of amides is 1. The van der Waals surface area contributed by atoms with E-state index in [4.69, 9.17) is 0 Å². The van der Waals surface area contributed by atoms with E-state index in [2.05, 4.69) is 20.3 Å². The van der Waals surface area contributed by atoms with Gasteiger partial charge in [-0.15, -0.1) is 0 Å². The first-order valence-corrected chi connectivity index (χ1v) is 7.33. The second-order valence-corrected chi connectivity index (χ2v) is 5.22. The fourth-order valence-corrected chi connectivity index (χ4v) is 2.62. The number of fused-ring (bicyclic) bond motifs is 1. The Labute approximate surface area is 132 Å². The number of hydrogen-bond donors (Lipinski definition) is 2. The van der Waals surface area contributed by atoms with Gasteiger partial charge < -0.3 is 10.3 Å². The van der Waals surface area contributed by atoms with Crippen LogP contribution in [0.15, 0.2) is 41.6 Å². The molecule has 0 atom stereocenters. The Morgan fingerprint density at radius 2 is 2.13 bits per heavy atom. The minimum Gasteiger partial charge on any atom is -0.322 e. The van der Waals surface area contributed by atoms with Crippen LogP contribution >= 0.6 is 0 Å². The fraction of sp³-hybridized carbons (Fsp3) is 0.176. The molecule has 6 nitrogen and oxygen atoms in total. The molecule has 116 valence electrons. The normalized spacial score (nSPS) is 10.7. The van der Waals surface area contributed by atoms with Crippen molar-refractivity contribution in [3.63, 3.8) is 0 Å². The second kappa shape index (κ2) is 6.00. The molecule has 2 aromatic heterocycles. The van der Waals surface area contributed by atoms with Crippen molar-refractivity contribution in [1.82, 2.24) is 15.0 Å². The van der Waals surface area contributed by atoms with Crippen LogP contribution < -0.4 is 10.9 Å². The summed E-state index contributed by atoms with van der Waals surface area (Å²) in [5.74, 6) is -0.346. The first-order chi connectivity index (χ1) is 11.1. The average Bonchev–Trinajstić information content (AvgIpc) is 2.55. The second-order valence-electron chi connectivity index (χ2n) is 5.22. The summed E-state index contributed by atoms with van der Waals surface area (Å²) >= 11 is 0. The van der Waals surface area contributed by atoms with Gasteiger partial charge in [0.1, 0.15) is 5.69 Å². The van der Waals surface area contributed by atoms with E-state index in [0.29, 0.717) is 17.6 Å². The average molecular weight is 308 g/mol. The highest BCUT2D eigenvalue weighted by molar-refractivity contribution is 6.03. The zero-order valence-corrected chi connectivity index (χ0v) is 12.9. The molecular weight excluding hydrogens is 292 g/mol. The fourth-order valence-electron chi connectivity index (χ4n) is 2.62. The highest BCUT2D eigenvalue weighted by Gasteiger charge is 2.10. The summed E-state index contributed by atoms with van der Waals surface area (Å²) in [6, 6.07) is 5.45. The van der Waals surface area contributed by atoms with Crippen molar-refractivity contribution in [1.29, 1.82) is 0 Å². The largest absolute Gasteiger partial charge is 0.322 e. The van der Waals surface area contributed by atoms with E-state index < -0.39 is 0 Å². The lowest BCUT2D eigenvalue weighted by molar-refractivity contribution is 0.102. The van der Waals surface area contributed by atoms with Crippen LogP contribution in [0.5, 0.6) is 0 Å². The number of aromatic nitrogens is 3. The van der Waals surface area contributed by atoms with E-state index in [1.807, 2.05) is 19.9 Å². The van der Waals surface area contributed by atoms with Crippen LogP contribution in [0.2, 0.25) is 0 Å². The molecule has 2 N–H and O–H groups in total. The minimum absolute atomic E-state index is 0.0881. The van der Waals surface area contributed by atoms with Crippen molar-refractivity contribution in [3.8, 4) is 0 Å². The molecule has 3 rings (SSSR count). The van der Waals surface area contributed by atoms with Crippen molar-refractivity contribution >= 4 is 22.5 Å². The van der Waals surface area contributed by atoms with E-state index in [1.165, 1.54) is 18.6 Å². The monoisotopic (exact) mass is 308 g/mol. The summed E-state index contributed by atoms with van der Waals surface area (Å²) in [5.41, 5.74) is 3.19. The first kappa shape index (κ1) is 14.9. The third-order valence-corrected chi connectivity index (χ3v) is 3.81. The van der Waals surface area contributed by atoms with Gasteiger partial charge in [-0.2, -0.15) is 0 Å². The summed E-state index contributed by atoms with van der Waals surface area (Å²) in [6.07, 6.45) is 5.05. The number of nitrogens with zero attached hydrogens (tertiary/aromatic N) is 2. The molecule has 0 saturated carbocycles. The van der Waals surface area contributed by atoms with Crippen LogP contribution in [0.1, 0.15) is 28.5 Å². The van der Waals surface area contributed by atoms with Gasteiger partial charge in [0, 0.05) is 29.0 Å². The van der Waals surface area contributed by atoms with E-state index in [1.54, 1.807) is 12.1 Å². The molecule has 0 bridgehead atoms. The van der Waals surface area contributed by atoms with Crippen molar-refractivity contribution in [2.45, 2.75) is 20.3 Å². The van der Waals surface area contributed by atoms with Gasteiger partial charge in [0.05, 0.1) is 11.7 Å². The third kappa shape index (κ3) is 2.83. The van der Waals surface area contributed by atoms with Gasteiger partial charge in [-0.1, -0.05) is 13.0 Å². The quantitative estimate of drug-likeness (QED) is 0.778. The number of rotatable bonds is 3. The molecule has 0 fully saturated rings. The van der Waals surface area contributed by atoms with Crippen LogP contribution in [0, 0.1) is 6.92 Å². The van der Waals surface area contributed by atoms with Crippen LogP contribution in [0.4, 0.5) is 5.69 Å². The Balaban J connectivity index is 1.98. The molecule has 0 saturated heterocycles. The number of benzene rings is 1. The van der Waals surface area contributed by atoms with Crippen molar-refractivity contribution in [3.05, 3.63) is 64.0 Å². The van der Waals surface area contributed by atoms with Crippen molar-refractivity contribution in [2.75, 3.05) is 5.32 Å². The van der Waals surface area contributed by atoms with Gasteiger partial charge in [0.15, 0.2) is 0 Å². The molecule has 0 unspecified atom stereocenters. The number of H-pyrrole nitrogens is 1. The topological polar surface area (TPSA) is 87.7 Å². The van der Waals surface area contributed by atoms with Crippen molar-refractivity contribution in [2.24, 2.45) is 0 Å². The van der Waals surface area contributed by atoms with Gasteiger partial charge in [0.2, 0.25) is 0 Å². The molecule has 0 spiro atoms. The number of hydrogen-bond acceptors (Lipinski definition) is 4.